The van der Waals surface area contributed by atoms with Crippen molar-refractivity contribution in [2.45, 2.75) is 12.5 Å². The number of amides is 1. The summed E-state index contributed by atoms with van der Waals surface area (Å²) in [5, 5.41) is 2.99. The number of likely N-dealkylation sites (N-methyl/N-ethyl adjacent to an activating group) is 1. The zero-order valence-corrected chi connectivity index (χ0v) is 17.0. The number of rotatable bonds is 7. The van der Waals surface area contributed by atoms with Gasteiger partial charge in [0.15, 0.2) is 0 Å². The predicted octanol–water partition coefficient (Wildman–Crippen LogP) is 4.10. The molecule has 0 fully saturated rings. The highest BCUT2D eigenvalue weighted by Gasteiger charge is 2.24. The summed E-state index contributed by atoms with van der Waals surface area (Å²) in [7, 11) is 3.16. The Kier molecular flexibility index (Phi) is 6.79. The lowest BCUT2D eigenvalue weighted by atomic mass is 10.0. The van der Waals surface area contributed by atoms with E-state index in [0.29, 0.717) is 22.8 Å². The normalized spacial score (nSPS) is 11.6. The van der Waals surface area contributed by atoms with Gasteiger partial charge >= 0.3 is 0 Å². The van der Waals surface area contributed by atoms with Gasteiger partial charge in [0.1, 0.15) is 29.2 Å². The van der Waals surface area contributed by atoms with Crippen molar-refractivity contribution in [2.75, 3.05) is 24.4 Å². The molecule has 3 aromatic rings. The molecule has 1 heterocycles. The second-order valence-corrected chi connectivity index (χ2v) is 6.82. The monoisotopic (exact) mass is 432 g/mol. The van der Waals surface area contributed by atoms with Crippen molar-refractivity contribution in [1.29, 1.82) is 0 Å². The van der Waals surface area contributed by atoms with Gasteiger partial charge < -0.3 is 15.0 Å². The van der Waals surface area contributed by atoms with Gasteiger partial charge in [0.25, 0.3) is 0 Å². The minimum absolute atomic E-state index is 0.00603. The maximum Gasteiger partial charge on any atom is 0.249 e. The first kappa shape index (κ1) is 21.4. The summed E-state index contributed by atoms with van der Waals surface area (Å²) >= 11 is 5.83. The smallest absolute Gasteiger partial charge is 0.249 e. The molecule has 1 atom stereocenters. The zero-order chi connectivity index (χ0) is 21.7. The highest BCUT2D eigenvalue weighted by Crippen LogP contribution is 2.21. The lowest BCUT2D eigenvalue weighted by Crippen LogP contribution is -2.42. The van der Waals surface area contributed by atoms with Gasteiger partial charge in [-0.15, -0.1) is 0 Å². The van der Waals surface area contributed by atoms with Crippen molar-refractivity contribution in [3.8, 4) is 5.75 Å². The maximum absolute atomic E-state index is 13.6. The van der Waals surface area contributed by atoms with Crippen LogP contribution in [0.25, 0.3) is 0 Å². The largest absolute Gasteiger partial charge is 0.497 e. The Bertz CT molecular complexity index is 1010. The Labute approximate surface area is 177 Å². The SMILES string of the molecule is COc1ccc(N(C)C(=O)[C@H](Cc2cc(F)cc(F)c2)Nc2ccnc(Cl)n2)cc1. The van der Waals surface area contributed by atoms with E-state index in [1.807, 2.05) is 0 Å². The molecule has 1 amide bonds. The van der Waals surface area contributed by atoms with Crippen LogP contribution < -0.4 is 15.0 Å². The first-order valence-corrected chi connectivity index (χ1v) is 9.35. The molecule has 0 aliphatic rings. The van der Waals surface area contributed by atoms with Crippen LogP contribution in [-0.4, -0.2) is 36.1 Å². The topological polar surface area (TPSA) is 67.3 Å². The van der Waals surface area contributed by atoms with Gasteiger partial charge in [-0.25, -0.2) is 18.7 Å². The first-order valence-electron chi connectivity index (χ1n) is 8.97. The number of aromatic nitrogens is 2. The molecule has 3 rings (SSSR count). The molecule has 2 aromatic carbocycles. The zero-order valence-electron chi connectivity index (χ0n) is 16.3. The second-order valence-electron chi connectivity index (χ2n) is 6.48. The quantitative estimate of drug-likeness (QED) is 0.569. The summed E-state index contributed by atoms with van der Waals surface area (Å²) in [5.74, 6) is -0.803. The minimum atomic E-state index is -0.871. The molecule has 6 nitrogen and oxygen atoms in total. The molecule has 0 saturated heterocycles. The summed E-state index contributed by atoms with van der Waals surface area (Å²) in [6.07, 6.45) is 1.46. The van der Waals surface area contributed by atoms with E-state index in [0.717, 1.165) is 6.07 Å². The predicted molar refractivity (Wildman–Crippen MR) is 111 cm³/mol. The number of hydrogen-bond donors (Lipinski definition) is 1. The number of ether oxygens (including phenoxy) is 1. The summed E-state index contributed by atoms with van der Waals surface area (Å²) in [6, 6.07) is 10.8. The van der Waals surface area contributed by atoms with Gasteiger partial charge in [0.2, 0.25) is 11.2 Å². The number of carbonyl (C=O) groups is 1. The van der Waals surface area contributed by atoms with E-state index in [2.05, 4.69) is 15.3 Å². The fourth-order valence-corrected chi connectivity index (χ4v) is 3.07. The third kappa shape index (κ3) is 5.42. The van der Waals surface area contributed by atoms with Crippen LogP contribution in [0, 0.1) is 11.6 Å². The number of anilines is 2. The number of carbonyl (C=O) groups excluding carboxylic acids is 1. The molecule has 0 radical (unpaired) electrons. The number of benzene rings is 2. The second kappa shape index (κ2) is 9.49. The number of methoxy groups -OCH3 is 1. The number of nitrogens with one attached hydrogen (secondary N) is 1. The van der Waals surface area contributed by atoms with Gasteiger partial charge in [0.05, 0.1) is 7.11 Å². The van der Waals surface area contributed by atoms with Gasteiger partial charge in [-0.05, 0) is 59.6 Å². The molecule has 9 heteroatoms. The lowest BCUT2D eigenvalue weighted by molar-refractivity contribution is -0.119. The van der Waals surface area contributed by atoms with Crippen LogP contribution in [0.5, 0.6) is 5.75 Å². The summed E-state index contributed by atoms with van der Waals surface area (Å²) in [5.41, 5.74) is 0.945. The van der Waals surface area contributed by atoms with E-state index >= 15 is 0 Å². The van der Waals surface area contributed by atoms with E-state index in [1.54, 1.807) is 44.5 Å². The molecule has 156 valence electrons. The van der Waals surface area contributed by atoms with Crippen molar-refractivity contribution in [3.63, 3.8) is 0 Å². The molecule has 30 heavy (non-hydrogen) atoms. The van der Waals surface area contributed by atoms with Crippen molar-refractivity contribution in [1.82, 2.24) is 9.97 Å². The minimum Gasteiger partial charge on any atom is -0.497 e. The molecule has 1 aromatic heterocycles. The molecule has 0 unspecified atom stereocenters. The van der Waals surface area contributed by atoms with Gasteiger partial charge in [-0.2, -0.15) is 0 Å². The van der Waals surface area contributed by atoms with Crippen LogP contribution in [0.4, 0.5) is 20.3 Å². The Hall–Kier alpha value is -3.26. The number of halogens is 3. The van der Waals surface area contributed by atoms with Gasteiger partial charge in [-0.1, -0.05) is 0 Å². The van der Waals surface area contributed by atoms with E-state index < -0.39 is 17.7 Å². The average molecular weight is 433 g/mol. The van der Waals surface area contributed by atoms with Crippen LogP contribution in [-0.2, 0) is 11.2 Å². The van der Waals surface area contributed by atoms with E-state index in [4.69, 9.17) is 16.3 Å². The number of hydrogen-bond acceptors (Lipinski definition) is 5. The molecular weight excluding hydrogens is 414 g/mol. The molecular formula is C21H19ClF2N4O2. The molecule has 1 N–H and O–H groups in total. The first-order chi connectivity index (χ1) is 14.4. The average Bonchev–Trinajstić information content (AvgIpc) is 2.71. The molecule has 0 aliphatic heterocycles. The Morgan fingerprint density at radius 1 is 1.17 bits per heavy atom. The summed E-state index contributed by atoms with van der Waals surface area (Å²) in [6.45, 7) is 0. The van der Waals surface area contributed by atoms with Crippen LogP contribution >= 0.6 is 11.6 Å². The van der Waals surface area contributed by atoms with E-state index in [1.165, 1.54) is 23.2 Å². The van der Waals surface area contributed by atoms with Gasteiger partial charge in [-0.3, -0.25) is 4.79 Å². The Morgan fingerprint density at radius 2 is 1.83 bits per heavy atom. The van der Waals surface area contributed by atoms with Gasteiger partial charge in [0, 0.05) is 31.4 Å². The van der Waals surface area contributed by atoms with Crippen LogP contribution in [0.3, 0.4) is 0 Å². The van der Waals surface area contributed by atoms with E-state index in [9.17, 15) is 13.6 Å². The van der Waals surface area contributed by atoms with Crippen molar-refractivity contribution < 1.29 is 18.3 Å². The summed E-state index contributed by atoms with van der Waals surface area (Å²) in [4.78, 5) is 22.5. The van der Waals surface area contributed by atoms with E-state index in [-0.39, 0.29) is 17.6 Å². The molecule has 0 spiro atoms. The Balaban J connectivity index is 1.88. The fourth-order valence-electron chi connectivity index (χ4n) is 2.93. The summed E-state index contributed by atoms with van der Waals surface area (Å²) < 4.78 is 32.4. The highest BCUT2D eigenvalue weighted by molar-refractivity contribution is 6.28. The maximum atomic E-state index is 13.6. The highest BCUT2D eigenvalue weighted by atomic mass is 35.5. The fraction of sp³-hybridized carbons (Fsp3) is 0.190. The molecule has 0 aliphatic carbocycles. The van der Waals surface area contributed by atoms with Crippen molar-refractivity contribution in [2.24, 2.45) is 0 Å². The molecule has 0 bridgehead atoms. The standard InChI is InChI=1S/C21H19ClF2N4O2/c1-28(16-3-5-17(30-2)6-4-16)20(29)18(26-19-7-8-25-21(22)27-19)11-13-9-14(23)12-15(24)10-13/h3-10,12,18H,11H2,1-2H3,(H,25,26,27)/t18-/m0/s1. The Morgan fingerprint density at radius 3 is 2.43 bits per heavy atom. The third-order valence-corrected chi connectivity index (χ3v) is 4.58. The molecule has 0 saturated carbocycles. The van der Waals surface area contributed by atoms with Crippen molar-refractivity contribution >= 4 is 29.0 Å². The van der Waals surface area contributed by atoms with Crippen LogP contribution in [0.2, 0.25) is 5.28 Å². The lowest BCUT2D eigenvalue weighted by Gasteiger charge is -2.25. The van der Waals surface area contributed by atoms with Crippen LogP contribution in [0.1, 0.15) is 5.56 Å². The van der Waals surface area contributed by atoms with Crippen molar-refractivity contribution in [3.05, 3.63) is 77.2 Å². The van der Waals surface area contributed by atoms with Crippen LogP contribution in [0.15, 0.2) is 54.7 Å². The third-order valence-electron chi connectivity index (χ3n) is 4.40. The number of nitrogens with zero attached hydrogens (tertiary/aromatic N) is 3.